The molecule has 2 rings (SSSR count). The van der Waals surface area contributed by atoms with Gasteiger partial charge in [-0.3, -0.25) is 19.6 Å². The van der Waals surface area contributed by atoms with Gasteiger partial charge in [-0.15, -0.1) is 0 Å². The van der Waals surface area contributed by atoms with Gasteiger partial charge in [0.15, 0.2) is 0 Å². The minimum Gasteiger partial charge on any atom is -0.748 e. The number of aliphatic hydroxyl groups is 2. The van der Waals surface area contributed by atoms with Gasteiger partial charge >= 0.3 is 59.1 Å². The van der Waals surface area contributed by atoms with Gasteiger partial charge in [0, 0.05) is 78.0 Å². The van der Waals surface area contributed by atoms with E-state index >= 15 is 0 Å². The molecule has 2 fully saturated rings. The third-order valence-electron chi connectivity index (χ3n) is 5.78. The van der Waals surface area contributed by atoms with Gasteiger partial charge in [-0.2, -0.15) is 0 Å². The predicted molar refractivity (Wildman–Crippen MR) is 107 cm³/mol. The van der Waals surface area contributed by atoms with E-state index in [1.54, 1.807) is 9.80 Å². The SMILES string of the molecule is O=S(=O)([O-])CCN1CCN(CCO)C(C(CN2CCN(CCO)CC2)S(=O)(=O)[O-])C1.[Na+].[Na+]. The molecule has 2 atom stereocenters. The minimum absolute atomic E-state index is 0. The summed E-state index contributed by atoms with van der Waals surface area (Å²) in [6.07, 6.45) is 0. The molecule has 0 aromatic heterocycles. The van der Waals surface area contributed by atoms with Gasteiger partial charge < -0.3 is 19.3 Å². The molecule has 12 nitrogen and oxygen atoms in total. The monoisotopic (exact) mass is 518 g/mol. The zero-order valence-electron chi connectivity index (χ0n) is 19.0. The average molecular weight is 519 g/mol. The number of hydrogen-bond acceptors (Lipinski definition) is 12. The molecule has 0 amide bonds. The number of piperazine rings is 2. The van der Waals surface area contributed by atoms with Crippen molar-refractivity contribution in [3.63, 3.8) is 0 Å². The molecule has 0 saturated carbocycles. The minimum atomic E-state index is -4.68. The van der Waals surface area contributed by atoms with Gasteiger partial charge in [-0.05, 0) is 0 Å². The summed E-state index contributed by atoms with van der Waals surface area (Å²) in [4.78, 5) is 7.41. The summed E-state index contributed by atoms with van der Waals surface area (Å²) in [6.45, 7) is 3.96. The number of aliphatic hydroxyl groups excluding tert-OH is 2. The van der Waals surface area contributed by atoms with E-state index in [0.29, 0.717) is 45.8 Å². The van der Waals surface area contributed by atoms with Crippen LogP contribution in [-0.2, 0) is 20.2 Å². The molecule has 0 aromatic carbocycles. The van der Waals surface area contributed by atoms with Gasteiger partial charge in [-0.25, -0.2) is 16.8 Å². The van der Waals surface area contributed by atoms with Crippen molar-refractivity contribution < 1.29 is 95.3 Å². The molecular formula is C16H32N4Na2O8S2. The van der Waals surface area contributed by atoms with Gasteiger partial charge in [0.1, 0.15) is 10.1 Å². The van der Waals surface area contributed by atoms with Gasteiger partial charge in [0.2, 0.25) is 0 Å². The Bertz CT molecular complexity index is 738. The van der Waals surface area contributed by atoms with Crippen molar-refractivity contribution in [3.05, 3.63) is 0 Å². The van der Waals surface area contributed by atoms with Gasteiger partial charge in [0.05, 0.1) is 34.3 Å². The Morgan fingerprint density at radius 1 is 0.781 bits per heavy atom. The van der Waals surface area contributed by atoms with Crippen LogP contribution in [0, 0.1) is 0 Å². The zero-order chi connectivity index (χ0) is 22.4. The Morgan fingerprint density at radius 2 is 1.31 bits per heavy atom. The summed E-state index contributed by atoms with van der Waals surface area (Å²) in [5, 5.41) is 17.1. The molecule has 16 heteroatoms. The summed E-state index contributed by atoms with van der Waals surface area (Å²) >= 11 is 0. The first kappa shape index (κ1) is 33.6. The molecule has 0 spiro atoms. The number of β-amino-alcohol motifs (C(OH)–C–C–N with tert-alkyl or cyclic N) is 2. The molecule has 0 aromatic rings. The molecule has 32 heavy (non-hydrogen) atoms. The first-order valence-corrected chi connectivity index (χ1v) is 13.1. The van der Waals surface area contributed by atoms with Crippen molar-refractivity contribution in [2.45, 2.75) is 11.3 Å². The standard InChI is InChI=1S/C16H34N4O8S2.2Na/c21-10-7-17-1-3-18(4-2-17)14-16(30(26,27)28)15-13-19(9-12-29(23,24)25)5-6-20(15)8-11-22;;/h15-16,21-22H,1-14H2,(H,23,24,25)(H,26,27,28);;/q;2*+1/p-2. The zero-order valence-corrected chi connectivity index (χ0v) is 24.6. The second kappa shape index (κ2) is 15.6. The van der Waals surface area contributed by atoms with Crippen LogP contribution in [0.5, 0.6) is 0 Å². The molecule has 2 heterocycles. The van der Waals surface area contributed by atoms with Crippen LogP contribution in [0.4, 0.5) is 0 Å². The molecule has 2 N–H and O–H groups in total. The summed E-state index contributed by atoms with van der Waals surface area (Å²) < 4.78 is 69.4. The molecule has 178 valence electrons. The van der Waals surface area contributed by atoms with E-state index in [-0.39, 0.29) is 98.5 Å². The second-order valence-electron chi connectivity index (χ2n) is 7.79. The van der Waals surface area contributed by atoms with Crippen LogP contribution >= 0.6 is 0 Å². The van der Waals surface area contributed by atoms with Gasteiger partial charge in [-0.1, -0.05) is 0 Å². The fraction of sp³-hybridized carbons (Fsp3) is 1.00. The fourth-order valence-corrected chi connectivity index (χ4v) is 5.62. The van der Waals surface area contributed by atoms with Crippen molar-refractivity contribution in [2.75, 3.05) is 91.0 Å². The second-order valence-corrected chi connectivity index (χ2v) is 10.9. The predicted octanol–water partition coefficient (Wildman–Crippen LogP) is -9.96. The van der Waals surface area contributed by atoms with Crippen LogP contribution in [0.3, 0.4) is 0 Å². The Balaban J connectivity index is 0.00000480. The van der Waals surface area contributed by atoms with Crippen molar-refractivity contribution in [2.24, 2.45) is 0 Å². The molecule has 0 radical (unpaired) electrons. The van der Waals surface area contributed by atoms with E-state index in [2.05, 4.69) is 4.90 Å². The third-order valence-corrected chi connectivity index (χ3v) is 7.67. The van der Waals surface area contributed by atoms with Crippen LogP contribution in [0.25, 0.3) is 0 Å². The van der Waals surface area contributed by atoms with Crippen LogP contribution in [0.15, 0.2) is 0 Å². The molecule has 0 aliphatic carbocycles. The average Bonchev–Trinajstić information content (AvgIpc) is 2.66. The van der Waals surface area contributed by atoms with E-state index in [4.69, 9.17) is 5.11 Å². The summed E-state index contributed by atoms with van der Waals surface area (Å²) in [7, 11) is -9.08. The Labute approximate surface area is 235 Å². The quantitative estimate of drug-likeness (QED) is 0.196. The van der Waals surface area contributed by atoms with Crippen LogP contribution in [-0.4, -0.2) is 158 Å². The van der Waals surface area contributed by atoms with E-state index in [9.17, 15) is 31.0 Å². The first-order chi connectivity index (χ1) is 14.0. The number of nitrogens with zero attached hydrogens (tertiary/aromatic N) is 4. The van der Waals surface area contributed by atoms with Crippen LogP contribution in [0.1, 0.15) is 0 Å². The van der Waals surface area contributed by atoms with E-state index < -0.39 is 37.3 Å². The number of hydrogen-bond donors (Lipinski definition) is 2. The maximum atomic E-state index is 12.2. The Kier molecular flexibility index (Phi) is 16.4. The van der Waals surface area contributed by atoms with Crippen molar-refractivity contribution in [3.8, 4) is 0 Å². The van der Waals surface area contributed by atoms with Crippen LogP contribution in [0.2, 0.25) is 0 Å². The van der Waals surface area contributed by atoms with Crippen molar-refractivity contribution >= 4 is 20.2 Å². The maximum absolute atomic E-state index is 12.2. The Hall–Kier alpha value is 1.58. The first-order valence-electron chi connectivity index (χ1n) is 10.0. The topological polar surface area (TPSA) is 168 Å². The van der Waals surface area contributed by atoms with Crippen molar-refractivity contribution in [1.29, 1.82) is 0 Å². The summed E-state index contributed by atoms with van der Waals surface area (Å²) in [5.41, 5.74) is 0. The third kappa shape index (κ3) is 11.5. The van der Waals surface area contributed by atoms with Crippen LogP contribution < -0.4 is 59.1 Å². The summed E-state index contributed by atoms with van der Waals surface area (Å²) in [5.74, 6) is -0.582. The summed E-state index contributed by atoms with van der Waals surface area (Å²) in [6, 6.07) is -0.710. The molecule has 2 aliphatic heterocycles. The molecule has 2 unspecified atom stereocenters. The van der Waals surface area contributed by atoms with E-state index in [1.807, 2.05) is 4.90 Å². The van der Waals surface area contributed by atoms with Gasteiger partial charge in [0.25, 0.3) is 0 Å². The molecule has 0 bridgehead atoms. The largest absolute Gasteiger partial charge is 1.00 e. The van der Waals surface area contributed by atoms with E-state index in [0.717, 1.165) is 0 Å². The molecular weight excluding hydrogens is 486 g/mol. The maximum Gasteiger partial charge on any atom is 1.00 e. The Morgan fingerprint density at radius 3 is 1.81 bits per heavy atom. The molecule has 2 aliphatic rings. The van der Waals surface area contributed by atoms with Crippen molar-refractivity contribution in [1.82, 2.24) is 19.6 Å². The van der Waals surface area contributed by atoms with E-state index in [1.165, 1.54) is 0 Å². The fourth-order valence-electron chi connectivity index (χ4n) is 4.11. The number of rotatable bonds is 11. The normalized spacial score (nSPS) is 23.3. The smallest absolute Gasteiger partial charge is 0.748 e. The molecule has 2 saturated heterocycles.